The summed E-state index contributed by atoms with van der Waals surface area (Å²) in [5.74, 6) is 0.169. The van der Waals surface area contributed by atoms with Crippen LogP contribution < -0.4 is 17.2 Å². The lowest BCUT2D eigenvalue weighted by Crippen LogP contribution is -2.29. The third kappa shape index (κ3) is 2.12. The van der Waals surface area contributed by atoms with E-state index in [9.17, 15) is 9.18 Å². The third-order valence-corrected chi connectivity index (χ3v) is 4.45. The molecule has 0 spiro atoms. The Morgan fingerprint density at radius 1 is 1.29 bits per heavy atom. The van der Waals surface area contributed by atoms with Crippen molar-refractivity contribution in [2.24, 2.45) is 5.92 Å². The van der Waals surface area contributed by atoms with E-state index in [4.69, 9.17) is 11.5 Å². The standard InChI is InChI=1S/C14H20FN5O/c1-7-4-2-3-5-9(7)20-11(13(17)19-14(20)21)10-8(15)6-18-12(10)16/h6-7,9,18H,2-5,16-17H2,1H3,(H,19,21). The lowest BCUT2D eigenvalue weighted by Gasteiger charge is -2.30. The first-order chi connectivity index (χ1) is 10.0. The van der Waals surface area contributed by atoms with Gasteiger partial charge in [0, 0.05) is 12.2 Å². The Hall–Kier alpha value is -2.18. The molecular formula is C14H20FN5O. The van der Waals surface area contributed by atoms with Gasteiger partial charge in [-0.1, -0.05) is 19.8 Å². The maximum Gasteiger partial charge on any atom is 0.327 e. The van der Waals surface area contributed by atoms with Gasteiger partial charge in [0.05, 0.1) is 5.56 Å². The zero-order chi connectivity index (χ0) is 15.1. The van der Waals surface area contributed by atoms with E-state index in [0.717, 1.165) is 25.7 Å². The van der Waals surface area contributed by atoms with E-state index in [0.29, 0.717) is 11.6 Å². The highest BCUT2D eigenvalue weighted by molar-refractivity contribution is 5.79. The van der Waals surface area contributed by atoms with Crippen LogP contribution >= 0.6 is 0 Å². The Labute approximate surface area is 121 Å². The van der Waals surface area contributed by atoms with Crippen molar-refractivity contribution in [1.82, 2.24) is 14.5 Å². The molecule has 0 aromatic carbocycles. The van der Waals surface area contributed by atoms with E-state index in [2.05, 4.69) is 16.9 Å². The van der Waals surface area contributed by atoms with Crippen LogP contribution in [0.5, 0.6) is 0 Å². The van der Waals surface area contributed by atoms with Crippen LogP contribution in [0.2, 0.25) is 0 Å². The molecule has 6 nitrogen and oxygen atoms in total. The molecule has 2 heterocycles. The van der Waals surface area contributed by atoms with Gasteiger partial charge in [-0.15, -0.1) is 0 Å². The highest BCUT2D eigenvalue weighted by Gasteiger charge is 2.30. The fourth-order valence-corrected chi connectivity index (χ4v) is 3.37. The number of nitrogens with two attached hydrogens (primary N) is 2. The van der Waals surface area contributed by atoms with Crippen molar-refractivity contribution in [3.05, 3.63) is 22.5 Å². The second-order valence-corrected chi connectivity index (χ2v) is 5.82. The van der Waals surface area contributed by atoms with Crippen LogP contribution in [0.3, 0.4) is 0 Å². The molecule has 114 valence electrons. The smallest absolute Gasteiger partial charge is 0.327 e. The molecule has 1 fully saturated rings. The highest BCUT2D eigenvalue weighted by Crippen LogP contribution is 2.39. The van der Waals surface area contributed by atoms with Gasteiger partial charge in [-0.25, -0.2) is 9.18 Å². The number of imidazole rings is 1. The molecule has 1 saturated carbocycles. The van der Waals surface area contributed by atoms with Gasteiger partial charge in [0.1, 0.15) is 17.3 Å². The second-order valence-electron chi connectivity index (χ2n) is 5.82. The molecule has 3 rings (SSSR count). The fourth-order valence-electron chi connectivity index (χ4n) is 3.37. The molecule has 2 aromatic heterocycles. The summed E-state index contributed by atoms with van der Waals surface area (Å²) >= 11 is 0. The number of nitrogen functional groups attached to an aromatic ring is 2. The Kier molecular flexibility index (Phi) is 3.27. The first kappa shape index (κ1) is 13.8. The molecule has 0 radical (unpaired) electrons. The fraction of sp³-hybridized carbons (Fsp3) is 0.500. The summed E-state index contributed by atoms with van der Waals surface area (Å²) in [5.41, 5.74) is 11.9. The zero-order valence-electron chi connectivity index (χ0n) is 11.9. The van der Waals surface area contributed by atoms with Crippen molar-refractivity contribution in [2.45, 2.75) is 38.6 Å². The van der Waals surface area contributed by atoms with Crippen molar-refractivity contribution in [2.75, 3.05) is 11.5 Å². The number of aromatic amines is 2. The van der Waals surface area contributed by atoms with Gasteiger partial charge in [0.2, 0.25) is 0 Å². The number of rotatable bonds is 2. The van der Waals surface area contributed by atoms with Crippen LogP contribution in [0.25, 0.3) is 11.3 Å². The molecule has 2 aromatic rings. The lowest BCUT2D eigenvalue weighted by molar-refractivity contribution is 0.254. The Morgan fingerprint density at radius 2 is 2.00 bits per heavy atom. The number of aromatic nitrogens is 3. The Balaban J connectivity index is 2.20. The maximum absolute atomic E-state index is 14.0. The number of hydrogen-bond donors (Lipinski definition) is 4. The largest absolute Gasteiger partial charge is 0.385 e. The molecule has 0 bridgehead atoms. The van der Waals surface area contributed by atoms with E-state index >= 15 is 0 Å². The van der Waals surface area contributed by atoms with Crippen LogP contribution in [0.15, 0.2) is 11.0 Å². The molecule has 0 amide bonds. The molecule has 1 aliphatic rings. The number of nitrogens with one attached hydrogen (secondary N) is 2. The summed E-state index contributed by atoms with van der Waals surface area (Å²) in [4.78, 5) is 17.5. The van der Waals surface area contributed by atoms with Gasteiger partial charge in [-0.05, 0) is 18.8 Å². The van der Waals surface area contributed by atoms with Crippen LogP contribution in [-0.2, 0) is 0 Å². The summed E-state index contributed by atoms with van der Waals surface area (Å²) in [7, 11) is 0. The average molecular weight is 293 g/mol. The zero-order valence-corrected chi connectivity index (χ0v) is 11.9. The minimum Gasteiger partial charge on any atom is -0.385 e. The third-order valence-electron chi connectivity index (χ3n) is 4.45. The van der Waals surface area contributed by atoms with E-state index < -0.39 is 5.82 Å². The van der Waals surface area contributed by atoms with Crippen molar-refractivity contribution < 1.29 is 4.39 Å². The molecular weight excluding hydrogens is 273 g/mol. The molecule has 1 aliphatic carbocycles. The number of hydrogen-bond acceptors (Lipinski definition) is 3. The van der Waals surface area contributed by atoms with Crippen molar-refractivity contribution in [1.29, 1.82) is 0 Å². The highest BCUT2D eigenvalue weighted by atomic mass is 19.1. The van der Waals surface area contributed by atoms with Gasteiger partial charge >= 0.3 is 5.69 Å². The number of anilines is 2. The first-order valence-corrected chi connectivity index (χ1v) is 7.23. The van der Waals surface area contributed by atoms with Crippen molar-refractivity contribution >= 4 is 11.6 Å². The summed E-state index contributed by atoms with van der Waals surface area (Å²) in [6, 6.07) is 0.0171. The Morgan fingerprint density at radius 3 is 2.62 bits per heavy atom. The van der Waals surface area contributed by atoms with E-state index in [-0.39, 0.29) is 28.9 Å². The quantitative estimate of drug-likeness (QED) is 0.682. The summed E-state index contributed by atoms with van der Waals surface area (Å²) < 4.78 is 15.6. The number of H-pyrrole nitrogens is 2. The number of nitrogens with zero attached hydrogens (tertiary/aromatic N) is 1. The molecule has 0 aliphatic heterocycles. The monoisotopic (exact) mass is 293 g/mol. The molecule has 21 heavy (non-hydrogen) atoms. The normalized spacial score (nSPS) is 22.6. The van der Waals surface area contributed by atoms with Crippen molar-refractivity contribution in [3.63, 3.8) is 0 Å². The van der Waals surface area contributed by atoms with Gasteiger partial charge in [0.15, 0.2) is 5.82 Å². The van der Waals surface area contributed by atoms with Crippen LogP contribution in [0, 0.1) is 11.7 Å². The van der Waals surface area contributed by atoms with E-state index in [1.165, 1.54) is 6.20 Å². The van der Waals surface area contributed by atoms with Crippen LogP contribution in [0.1, 0.15) is 38.6 Å². The minimum atomic E-state index is -0.504. The summed E-state index contributed by atoms with van der Waals surface area (Å²) in [5, 5.41) is 0. The lowest BCUT2D eigenvalue weighted by atomic mass is 9.85. The van der Waals surface area contributed by atoms with Gasteiger partial charge in [0.25, 0.3) is 0 Å². The van der Waals surface area contributed by atoms with Gasteiger partial charge in [-0.2, -0.15) is 0 Å². The Bertz CT molecular complexity index is 694. The van der Waals surface area contributed by atoms with E-state index in [1.54, 1.807) is 4.57 Å². The summed E-state index contributed by atoms with van der Waals surface area (Å²) in [6.07, 6.45) is 5.32. The topological polar surface area (TPSA) is 106 Å². The molecule has 6 N–H and O–H groups in total. The number of halogens is 1. The first-order valence-electron chi connectivity index (χ1n) is 7.23. The molecule has 0 saturated heterocycles. The summed E-state index contributed by atoms with van der Waals surface area (Å²) in [6.45, 7) is 2.11. The minimum absolute atomic E-state index is 0.0171. The average Bonchev–Trinajstić information content (AvgIpc) is 2.90. The molecule has 2 atom stereocenters. The van der Waals surface area contributed by atoms with Gasteiger partial charge in [-0.3, -0.25) is 9.55 Å². The van der Waals surface area contributed by atoms with E-state index in [1.807, 2.05) is 0 Å². The predicted octanol–water partition coefficient (Wildman–Crippen LogP) is 2.23. The maximum atomic E-state index is 14.0. The molecule has 2 unspecified atom stereocenters. The van der Waals surface area contributed by atoms with Crippen LogP contribution in [0.4, 0.5) is 16.0 Å². The molecule has 7 heteroatoms. The SMILES string of the molecule is CC1CCCCC1n1c(-c2c(F)c[nH]c2N)c(N)[nH]c1=O. The predicted molar refractivity (Wildman–Crippen MR) is 80.3 cm³/mol. The van der Waals surface area contributed by atoms with Crippen LogP contribution in [-0.4, -0.2) is 14.5 Å². The second kappa shape index (κ2) is 4.98. The van der Waals surface area contributed by atoms with Crippen molar-refractivity contribution in [3.8, 4) is 11.3 Å². The van der Waals surface area contributed by atoms with Gasteiger partial charge < -0.3 is 16.5 Å².